The minimum absolute atomic E-state index is 0.0994. The number of ketones is 1. The van der Waals surface area contributed by atoms with Gasteiger partial charge in [-0.05, 0) is 24.3 Å². The Bertz CT molecular complexity index is 584. The Balaban J connectivity index is 2.31. The van der Waals surface area contributed by atoms with Gasteiger partial charge in [0.1, 0.15) is 5.02 Å². The Morgan fingerprint density at radius 1 is 1.50 bits per heavy atom. The van der Waals surface area contributed by atoms with Gasteiger partial charge in [-0.25, -0.2) is 0 Å². The third-order valence-corrected chi connectivity index (χ3v) is 3.68. The largest absolute Gasteiger partial charge is 0.299 e. The SMILES string of the molecule is CCN1CCC(=O)/C(=C/c2ccc(Cl)c([N+](=O)[O-])c2)C1. The molecular weight excluding hydrogens is 280 g/mol. The number of benzene rings is 1. The van der Waals surface area contributed by atoms with Crippen molar-refractivity contribution in [3.05, 3.63) is 44.5 Å². The first kappa shape index (κ1) is 14.7. The van der Waals surface area contributed by atoms with E-state index in [0.717, 1.165) is 13.1 Å². The van der Waals surface area contributed by atoms with Gasteiger partial charge in [-0.2, -0.15) is 0 Å². The molecule has 1 aliphatic heterocycles. The van der Waals surface area contributed by atoms with E-state index in [2.05, 4.69) is 4.90 Å². The monoisotopic (exact) mass is 294 g/mol. The zero-order valence-electron chi connectivity index (χ0n) is 11.1. The summed E-state index contributed by atoms with van der Waals surface area (Å²) in [5.74, 6) is 0.104. The molecule has 20 heavy (non-hydrogen) atoms. The lowest BCUT2D eigenvalue weighted by Gasteiger charge is -2.26. The maximum Gasteiger partial charge on any atom is 0.288 e. The molecule has 0 aromatic heterocycles. The van der Waals surface area contributed by atoms with Gasteiger partial charge in [-0.3, -0.25) is 19.8 Å². The lowest BCUT2D eigenvalue weighted by Crippen LogP contribution is -2.35. The number of carbonyl (C=O) groups is 1. The van der Waals surface area contributed by atoms with Gasteiger partial charge in [0.2, 0.25) is 0 Å². The number of hydrogen-bond donors (Lipinski definition) is 0. The maximum atomic E-state index is 11.9. The average molecular weight is 295 g/mol. The highest BCUT2D eigenvalue weighted by Crippen LogP contribution is 2.26. The van der Waals surface area contributed by atoms with Crippen LogP contribution in [0.4, 0.5) is 5.69 Å². The van der Waals surface area contributed by atoms with E-state index in [1.165, 1.54) is 12.1 Å². The van der Waals surface area contributed by atoms with E-state index in [-0.39, 0.29) is 16.5 Å². The summed E-state index contributed by atoms with van der Waals surface area (Å²) in [7, 11) is 0. The molecule has 6 heteroatoms. The van der Waals surface area contributed by atoms with Gasteiger partial charge in [-0.15, -0.1) is 0 Å². The van der Waals surface area contributed by atoms with Crippen LogP contribution in [0.15, 0.2) is 23.8 Å². The molecule has 0 amide bonds. The van der Waals surface area contributed by atoms with Crippen LogP contribution >= 0.6 is 11.6 Å². The lowest BCUT2D eigenvalue weighted by molar-refractivity contribution is -0.384. The molecule has 0 aliphatic carbocycles. The summed E-state index contributed by atoms with van der Waals surface area (Å²) in [6.07, 6.45) is 2.21. The lowest BCUT2D eigenvalue weighted by atomic mass is 10.0. The zero-order valence-corrected chi connectivity index (χ0v) is 11.9. The van der Waals surface area contributed by atoms with Crippen LogP contribution < -0.4 is 0 Å². The van der Waals surface area contributed by atoms with Gasteiger partial charge >= 0.3 is 0 Å². The third kappa shape index (κ3) is 3.23. The molecule has 1 heterocycles. The predicted molar refractivity (Wildman–Crippen MR) is 77.8 cm³/mol. The van der Waals surface area contributed by atoms with Crippen molar-refractivity contribution in [3.63, 3.8) is 0 Å². The summed E-state index contributed by atoms with van der Waals surface area (Å²) in [6.45, 7) is 4.28. The first-order valence-electron chi connectivity index (χ1n) is 6.41. The summed E-state index contributed by atoms with van der Waals surface area (Å²) in [6, 6.07) is 4.56. The third-order valence-electron chi connectivity index (χ3n) is 3.36. The molecule has 1 aromatic rings. The van der Waals surface area contributed by atoms with Crippen LogP contribution in [-0.2, 0) is 4.79 Å². The summed E-state index contributed by atoms with van der Waals surface area (Å²) in [5.41, 5.74) is 1.17. The molecule has 0 saturated carbocycles. The van der Waals surface area contributed by atoms with Crippen LogP contribution in [0.5, 0.6) is 0 Å². The Hall–Kier alpha value is -1.72. The second-order valence-electron chi connectivity index (χ2n) is 4.68. The highest BCUT2D eigenvalue weighted by Gasteiger charge is 2.20. The summed E-state index contributed by atoms with van der Waals surface area (Å²) < 4.78 is 0. The van der Waals surface area contributed by atoms with Gasteiger partial charge in [0.25, 0.3) is 5.69 Å². The molecule has 0 radical (unpaired) electrons. The van der Waals surface area contributed by atoms with Crippen molar-refractivity contribution in [2.75, 3.05) is 19.6 Å². The smallest absolute Gasteiger partial charge is 0.288 e. The van der Waals surface area contributed by atoms with Gasteiger partial charge in [0.05, 0.1) is 4.92 Å². The second kappa shape index (κ2) is 6.15. The summed E-state index contributed by atoms with van der Waals surface area (Å²) in [4.78, 5) is 24.4. The highest BCUT2D eigenvalue weighted by atomic mass is 35.5. The quantitative estimate of drug-likeness (QED) is 0.488. The van der Waals surface area contributed by atoms with E-state index < -0.39 is 4.92 Å². The molecule has 1 aromatic carbocycles. The van der Waals surface area contributed by atoms with Crippen molar-refractivity contribution in [3.8, 4) is 0 Å². The fourth-order valence-electron chi connectivity index (χ4n) is 2.18. The van der Waals surface area contributed by atoms with Crippen LogP contribution in [0.1, 0.15) is 18.9 Å². The predicted octanol–water partition coefficient (Wildman–Crippen LogP) is 2.93. The fraction of sp³-hybridized carbons (Fsp3) is 0.357. The van der Waals surface area contributed by atoms with Crippen LogP contribution in [-0.4, -0.2) is 35.2 Å². The normalized spacial score (nSPS) is 18.5. The summed E-state index contributed by atoms with van der Waals surface area (Å²) in [5, 5.41) is 11.0. The zero-order chi connectivity index (χ0) is 14.7. The first-order chi connectivity index (χ1) is 9.51. The van der Waals surface area contributed by atoms with Crippen molar-refractivity contribution in [2.45, 2.75) is 13.3 Å². The van der Waals surface area contributed by atoms with Crippen LogP contribution in [0, 0.1) is 10.1 Å². The Kier molecular flexibility index (Phi) is 4.52. The first-order valence-corrected chi connectivity index (χ1v) is 6.79. The molecule has 0 spiro atoms. The maximum absolute atomic E-state index is 11.9. The highest BCUT2D eigenvalue weighted by molar-refractivity contribution is 6.32. The molecule has 0 unspecified atom stereocenters. The molecule has 1 aliphatic rings. The second-order valence-corrected chi connectivity index (χ2v) is 5.09. The Morgan fingerprint density at radius 3 is 2.90 bits per heavy atom. The number of nitro groups is 1. The number of halogens is 1. The van der Waals surface area contributed by atoms with Crippen molar-refractivity contribution >= 4 is 29.1 Å². The minimum atomic E-state index is -0.522. The molecule has 0 atom stereocenters. The van der Waals surface area contributed by atoms with E-state index in [1.54, 1.807) is 12.1 Å². The molecule has 2 rings (SSSR count). The van der Waals surface area contributed by atoms with E-state index in [9.17, 15) is 14.9 Å². The van der Waals surface area contributed by atoms with Gasteiger partial charge < -0.3 is 0 Å². The molecule has 0 bridgehead atoms. The standard InChI is InChI=1S/C14H15ClN2O3/c1-2-16-6-5-14(18)11(9-16)7-10-3-4-12(15)13(8-10)17(19)20/h3-4,7-8H,2,5-6,9H2,1H3/b11-7+. The molecule has 5 nitrogen and oxygen atoms in total. The number of carbonyl (C=O) groups excluding carboxylic acids is 1. The van der Waals surface area contributed by atoms with Crippen LogP contribution in [0.2, 0.25) is 5.02 Å². The Morgan fingerprint density at radius 2 is 2.25 bits per heavy atom. The number of Topliss-reactive ketones (excluding diaryl/α,β-unsaturated/α-hetero) is 1. The number of nitrogens with zero attached hydrogens (tertiary/aromatic N) is 2. The fourth-order valence-corrected chi connectivity index (χ4v) is 2.37. The number of likely N-dealkylation sites (tertiary alicyclic amines) is 1. The molecule has 1 fully saturated rings. The van der Waals surface area contributed by atoms with Crippen molar-refractivity contribution < 1.29 is 9.72 Å². The van der Waals surface area contributed by atoms with E-state index in [0.29, 0.717) is 24.1 Å². The van der Waals surface area contributed by atoms with Gasteiger partial charge in [0, 0.05) is 31.1 Å². The Labute approximate surface area is 122 Å². The van der Waals surface area contributed by atoms with Gasteiger partial charge in [0.15, 0.2) is 5.78 Å². The van der Waals surface area contributed by atoms with Crippen molar-refractivity contribution in [1.29, 1.82) is 0 Å². The number of hydrogen-bond acceptors (Lipinski definition) is 4. The van der Waals surface area contributed by atoms with E-state index in [1.807, 2.05) is 6.92 Å². The van der Waals surface area contributed by atoms with E-state index in [4.69, 9.17) is 11.6 Å². The molecule has 1 saturated heterocycles. The van der Waals surface area contributed by atoms with Crippen molar-refractivity contribution in [1.82, 2.24) is 4.90 Å². The number of likely N-dealkylation sites (N-methyl/N-ethyl adjacent to an activating group) is 1. The number of nitro benzene ring substituents is 1. The van der Waals surface area contributed by atoms with E-state index >= 15 is 0 Å². The topological polar surface area (TPSA) is 63.5 Å². The average Bonchev–Trinajstić information content (AvgIpc) is 2.43. The number of piperidine rings is 1. The van der Waals surface area contributed by atoms with Crippen LogP contribution in [0.3, 0.4) is 0 Å². The molecular formula is C14H15ClN2O3. The number of rotatable bonds is 3. The summed E-state index contributed by atoms with van der Waals surface area (Å²) >= 11 is 5.77. The molecule has 0 N–H and O–H groups in total. The van der Waals surface area contributed by atoms with Crippen molar-refractivity contribution in [2.24, 2.45) is 0 Å². The van der Waals surface area contributed by atoms with Gasteiger partial charge in [-0.1, -0.05) is 24.6 Å². The van der Waals surface area contributed by atoms with Crippen LogP contribution in [0.25, 0.3) is 6.08 Å². The molecule has 106 valence electrons. The minimum Gasteiger partial charge on any atom is -0.299 e.